The summed E-state index contributed by atoms with van der Waals surface area (Å²) >= 11 is 0. The molecule has 0 aliphatic heterocycles. The molecule has 8 nitrogen and oxygen atoms in total. The average Bonchev–Trinajstić information content (AvgIpc) is 3.32. The van der Waals surface area contributed by atoms with E-state index in [2.05, 4.69) is 19.7 Å². The number of rotatable bonds is 7. The molecule has 0 saturated carbocycles. The Labute approximate surface area is 219 Å². The molecule has 0 amide bonds. The maximum atomic E-state index is 14.5. The third kappa shape index (κ3) is 5.17. The van der Waals surface area contributed by atoms with Gasteiger partial charge < -0.3 is 10.7 Å². The van der Waals surface area contributed by atoms with Crippen molar-refractivity contribution in [2.75, 3.05) is 12.0 Å². The summed E-state index contributed by atoms with van der Waals surface area (Å²) in [4.78, 5) is 12.0. The lowest BCUT2D eigenvalue weighted by Gasteiger charge is -2.12. The predicted molar refractivity (Wildman–Crippen MR) is 148 cm³/mol. The van der Waals surface area contributed by atoms with Crippen LogP contribution in [0.3, 0.4) is 0 Å². The molecule has 3 aromatic heterocycles. The number of sulfonamides is 1. The molecule has 0 fully saturated rings. The molecule has 192 valence electrons. The van der Waals surface area contributed by atoms with E-state index in [4.69, 9.17) is 11.1 Å². The summed E-state index contributed by atoms with van der Waals surface area (Å²) in [6, 6.07) is 15.5. The van der Waals surface area contributed by atoms with Gasteiger partial charge in [0, 0.05) is 46.7 Å². The van der Waals surface area contributed by atoms with Gasteiger partial charge in [0.25, 0.3) is 0 Å². The topological polar surface area (TPSA) is 138 Å². The fourth-order valence-electron chi connectivity index (χ4n) is 4.43. The van der Waals surface area contributed by atoms with Gasteiger partial charge in [0.2, 0.25) is 10.0 Å². The standard InChI is InChI=1S/C28H25FN6O2S/c1-16-7-24(30)22(11-20(16)25-5-3-4-6-33-25)28(31)26-12-21-23(14-32-15-27(21)35-26)18-8-17(9-19(29)10-18)13-34-38(2,36)37/h3-12,14-15,31,34-35H,13,30H2,1-2H3. The number of benzene rings is 2. The summed E-state index contributed by atoms with van der Waals surface area (Å²) in [5.41, 5.74) is 13.0. The van der Waals surface area contributed by atoms with Crippen LogP contribution in [0.15, 0.2) is 73.2 Å². The first kappa shape index (κ1) is 25.2. The summed E-state index contributed by atoms with van der Waals surface area (Å²) in [5, 5.41) is 9.69. The van der Waals surface area contributed by atoms with Crippen molar-refractivity contribution in [1.29, 1.82) is 5.41 Å². The van der Waals surface area contributed by atoms with Crippen LogP contribution in [0.5, 0.6) is 0 Å². The Morgan fingerprint density at radius 3 is 2.66 bits per heavy atom. The predicted octanol–water partition coefficient (Wildman–Crippen LogP) is 4.79. The van der Waals surface area contributed by atoms with Crippen LogP contribution in [0.1, 0.15) is 22.4 Å². The number of pyridine rings is 2. The van der Waals surface area contributed by atoms with Crippen molar-refractivity contribution in [2.24, 2.45) is 0 Å². The molecule has 0 aliphatic rings. The molecule has 38 heavy (non-hydrogen) atoms. The largest absolute Gasteiger partial charge is 0.398 e. The Bertz CT molecular complexity index is 1800. The van der Waals surface area contributed by atoms with Gasteiger partial charge in [-0.2, -0.15) is 0 Å². The highest BCUT2D eigenvalue weighted by atomic mass is 32.2. The normalized spacial score (nSPS) is 11.7. The Balaban J connectivity index is 1.55. The van der Waals surface area contributed by atoms with E-state index in [1.54, 1.807) is 24.7 Å². The molecular weight excluding hydrogens is 503 g/mol. The minimum atomic E-state index is -3.43. The first-order valence-electron chi connectivity index (χ1n) is 11.7. The van der Waals surface area contributed by atoms with E-state index in [1.807, 2.05) is 43.3 Å². The first-order valence-corrected chi connectivity index (χ1v) is 13.6. The van der Waals surface area contributed by atoms with Crippen molar-refractivity contribution in [2.45, 2.75) is 13.5 Å². The van der Waals surface area contributed by atoms with Crippen LogP contribution < -0.4 is 10.5 Å². The zero-order chi connectivity index (χ0) is 27.0. The number of aromatic amines is 1. The quantitative estimate of drug-likeness (QED) is 0.178. The highest BCUT2D eigenvalue weighted by Crippen LogP contribution is 2.32. The smallest absolute Gasteiger partial charge is 0.209 e. The molecule has 0 radical (unpaired) electrons. The number of hydrogen-bond donors (Lipinski definition) is 4. The maximum Gasteiger partial charge on any atom is 0.209 e. The number of halogens is 1. The molecule has 5 aromatic rings. The van der Waals surface area contributed by atoms with Gasteiger partial charge in [0.15, 0.2) is 0 Å². The first-order chi connectivity index (χ1) is 18.1. The molecule has 0 bridgehead atoms. The zero-order valence-corrected chi connectivity index (χ0v) is 21.5. The Kier molecular flexibility index (Phi) is 6.52. The van der Waals surface area contributed by atoms with Gasteiger partial charge in [-0.1, -0.05) is 6.07 Å². The van der Waals surface area contributed by atoms with Crippen LogP contribution >= 0.6 is 0 Å². The lowest BCUT2D eigenvalue weighted by Crippen LogP contribution is -2.21. The third-order valence-corrected chi connectivity index (χ3v) is 6.90. The van der Waals surface area contributed by atoms with Crippen LogP contribution in [0.2, 0.25) is 0 Å². The van der Waals surface area contributed by atoms with Crippen LogP contribution in [0, 0.1) is 18.2 Å². The van der Waals surface area contributed by atoms with Crippen LogP contribution in [-0.4, -0.2) is 35.3 Å². The van der Waals surface area contributed by atoms with Gasteiger partial charge in [-0.3, -0.25) is 15.4 Å². The number of hydrogen-bond acceptors (Lipinski definition) is 6. The lowest BCUT2D eigenvalue weighted by atomic mass is 9.96. The molecule has 0 atom stereocenters. The number of H-pyrrole nitrogens is 1. The second kappa shape index (κ2) is 9.81. The summed E-state index contributed by atoms with van der Waals surface area (Å²) in [5.74, 6) is -0.497. The fourth-order valence-corrected chi connectivity index (χ4v) is 4.86. The third-order valence-electron chi connectivity index (χ3n) is 6.23. The molecule has 0 saturated heterocycles. The minimum Gasteiger partial charge on any atom is -0.398 e. The van der Waals surface area contributed by atoms with E-state index in [9.17, 15) is 12.8 Å². The SMILES string of the molecule is Cc1cc(N)c(C(=N)c2cc3c(-c4cc(F)cc(CNS(C)(=O)=O)c4)cncc3[nH]2)cc1-c1ccccn1. The molecule has 5 N–H and O–H groups in total. The fraction of sp³-hybridized carbons (Fsp3) is 0.107. The van der Waals surface area contributed by atoms with E-state index in [-0.39, 0.29) is 12.3 Å². The zero-order valence-electron chi connectivity index (χ0n) is 20.7. The summed E-state index contributed by atoms with van der Waals surface area (Å²) in [6.45, 7) is 1.91. The lowest BCUT2D eigenvalue weighted by molar-refractivity contribution is 0.586. The highest BCUT2D eigenvalue weighted by Gasteiger charge is 2.17. The van der Waals surface area contributed by atoms with Crippen LogP contribution in [0.4, 0.5) is 10.1 Å². The highest BCUT2D eigenvalue weighted by molar-refractivity contribution is 7.88. The molecule has 3 heterocycles. The van der Waals surface area contributed by atoms with E-state index < -0.39 is 15.8 Å². The molecule has 0 spiro atoms. The van der Waals surface area contributed by atoms with E-state index in [0.717, 1.165) is 28.5 Å². The Hall–Kier alpha value is -4.41. The summed E-state index contributed by atoms with van der Waals surface area (Å²) in [7, 11) is -3.43. The number of fused-ring (bicyclic) bond motifs is 1. The molecule has 5 rings (SSSR count). The van der Waals surface area contributed by atoms with E-state index in [1.165, 1.54) is 12.1 Å². The summed E-state index contributed by atoms with van der Waals surface area (Å²) in [6.07, 6.45) is 6.02. The average molecular weight is 529 g/mol. The van der Waals surface area contributed by atoms with E-state index in [0.29, 0.717) is 39.2 Å². The van der Waals surface area contributed by atoms with Crippen molar-refractivity contribution in [1.82, 2.24) is 19.7 Å². The maximum absolute atomic E-state index is 14.5. The van der Waals surface area contributed by atoms with Gasteiger partial charge >= 0.3 is 0 Å². The van der Waals surface area contributed by atoms with Crippen molar-refractivity contribution in [3.05, 3.63) is 101 Å². The van der Waals surface area contributed by atoms with Gasteiger partial charge in [-0.05, 0) is 72.1 Å². The van der Waals surface area contributed by atoms with Gasteiger partial charge in [0.05, 0.1) is 35.1 Å². The Morgan fingerprint density at radius 1 is 1.11 bits per heavy atom. The number of nitrogens with one attached hydrogen (secondary N) is 3. The number of nitrogens with zero attached hydrogens (tertiary/aromatic N) is 2. The minimum absolute atomic E-state index is 0.0403. The van der Waals surface area contributed by atoms with Gasteiger partial charge in [-0.25, -0.2) is 17.5 Å². The molecule has 0 unspecified atom stereocenters. The number of anilines is 1. The van der Waals surface area contributed by atoms with E-state index >= 15 is 0 Å². The molecule has 10 heteroatoms. The monoisotopic (exact) mass is 528 g/mol. The van der Waals surface area contributed by atoms with Crippen molar-refractivity contribution >= 4 is 32.3 Å². The summed E-state index contributed by atoms with van der Waals surface area (Å²) < 4.78 is 39.9. The molecular formula is C28H25FN6O2S. The van der Waals surface area contributed by atoms with Crippen molar-refractivity contribution < 1.29 is 12.8 Å². The molecule has 0 aliphatic carbocycles. The number of nitrogens with two attached hydrogens (primary N) is 1. The van der Waals surface area contributed by atoms with Gasteiger partial charge in [0.1, 0.15) is 5.82 Å². The Morgan fingerprint density at radius 2 is 1.92 bits per heavy atom. The number of aromatic nitrogens is 3. The molecule has 2 aromatic carbocycles. The van der Waals surface area contributed by atoms with Crippen molar-refractivity contribution in [3.8, 4) is 22.4 Å². The number of aryl methyl sites for hydroxylation is 1. The van der Waals surface area contributed by atoms with Crippen LogP contribution in [0.25, 0.3) is 33.3 Å². The number of nitrogen functional groups attached to an aromatic ring is 1. The van der Waals surface area contributed by atoms with Gasteiger partial charge in [-0.15, -0.1) is 0 Å². The van der Waals surface area contributed by atoms with Crippen LogP contribution in [-0.2, 0) is 16.6 Å². The second-order valence-electron chi connectivity index (χ2n) is 9.12. The second-order valence-corrected chi connectivity index (χ2v) is 11.0. The van der Waals surface area contributed by atoms with Crippen molar-refractivity contribution in [3.63, 3.8) is 0 Å².